The number of hydrogen-bond donors (Lipinski definition) is 0. The van der Waals surface area contributed by atoms with Crippen molar-refractivity contribution in [1.82, 2.24) is 29.6 Å². The summed E-state index contributed by atoms with van der Waals surface area (Å²) < 4.78 is 8.21. The van der Waals surface area contributed by atoms with Crippen molar-refractivity contribution >= 4 is 46.0 Å². The second-order valence-electron chi connectivity index (χ2n) is 7.16. The van der Waals surface area contributed by atoms with Crippen LogP contribution in [0.25, 0.3) is 33.6 Å². The maximum absolute atomic E-state index is 12.0. The van der Waals surface area contributed by atoms with Crippen LogP contribution in [0.1, 0.15) is 11.4 Å². The average molecular weight is 467 g/mol. The third-order valence-corrected chi connectivity index (χ3v) is 5.64. The van der Waals surface area contributed by atoms with Crippen molar-refractivity contribution in [2.24, 2.45) is 0 Å². The lowest BCUT2D eigenvalue weighted by Crippen LogP contribution is -2.06. The maximum atomic E-state index is 12.0. The van der Waals surface area contributed by atoms with E-state index in [0.717, 1.165) is 22.5 Å². The number of rotatable bonds is 4. The van der Waals surface area contributed by atoms with Crippen LogP contribution in [0.4, 0.5) is 0 Å². The largest absolute Gasteiger partial charge is 0.469 e. The van der Waals surface area contributed by atoms with Gasteiger partial charge >= 0.3 is 5.97 Å². The Morgan fingerprint density at radius 1 is 0.969 bits per heavy atom. The molecule has 160 valence electrons. The van der Waals surface area contributed by atoms with Gasteiger partial charge in [-0.25, -0.2) is 4.68 Å². The van der Waals surface area contributed by atoms with Crippen molar-refractivity contribution in [3.8, 4) is 16.8 Å². The minimum absolute atomic E-state index is 0.0436. The fourth-order valence-electron chi connectivity index (χ4n) is 3.63. The topological polar surface area (TPSA) is 87.2 Å². The number of methoxy groups -OCH3 is 1. The van der Waals surface area contributed by atoms with Crippen molar-refractivity contribution in [2.75, 3.05) is 7.11 Å². The van der Waals surface area contributed by atoms with Crippen LogP contribution in [0.5, 0.6) is 0 Å². The van der Waals surface area contributed by atoms with Gasteiger partial charge in [-0.05, 0) is 48.9 Å². The zero-order valence-electron chi connectivity index (χ0n) is 17.1. The molecule has 0 saturated carbocycles. The van der Waals surface area contributed by atoms with Gasteiger partial charge < -0.3 is 4.74 Å². The predicted molar refractivity (Wildman–Crippen MR) is 121 cm³/mol. The summed E-state index contributed by atoms with van der Waals surface area (Å²) in [4.78, 5) is 12.0. The lowest BCUT2D eigenvalue weighted by molar-refractivity contribution is -0.139. The van der Waals surface area contributed by atoms with Crippen molar-refractivity contribution in [1.29, 1.82) is 0 Å². The van der Waals surface area contributed by atoms with Crippen LogP contribution in [-0.4, -0.2) is 42.7 Å². The molecule has 8 nitrogen and oxygen atoms in total. The number of halogens is 2. The van der Waals surface area contributed by atoms with Crippen LogP contribution in [0.2, 0.25) is 10.0 Å². The monoisotopic (exact) mass is 466 g/mol. The van der Waals surface area contributed by atoms with E-state index in [1.165, 1.54) is 7.11 Å². The molecule has 0 N–H and O–H groups in total. The van der Waals surface area contributed by atoms with Gasteiger partial charge in [0.05, 0.1) is 30.5 Å². The van der Waals surface area contributed by atoms with Gasteiger partial charge in [0.25, 0.3) is 0 Å². The van der Waals surface area contributed by atoms with Crippen molar-refractivity contribution < 1.29 is 9.53 Å². The molecule has 0 bridgehead atoms. The molecular formula is C22H16Cl2N6O2. The van der Waals surface area contributed by atoms with Gasteiger partial charge in [-0.1, -0.05) is 35.3 Å². The first-order chi connectivity index (χ1) is 15.5. The van der Waals surface area contributed by atoms with E-state index in [1.807, 2.05) is 43.3 Å². The minimum Gasteiger partial charge on any atom is -0.469 e. The summed E-state index contributed by atoms with van der Waals surface area (Å²) in [6.07, 6.45) is -0.0436. The molecule has 0 unspecified atom stereocenters. The van der Waals surface area contributed by atoms with E-state index < -0.39 is 5.97 Å². The SMILES string of the molecule is COC(=O)Cc1nn(-c2ccc(Cl)cc2)c2c1nnc1c(-c3ccc(Cl)cc3)c(C)nn12. The maximum Gasteiger partial charge on any atom is 0.311 e. The number of aryl methyl sites for hydroxylation is 1. The predicted octanol–water partition coefficient (Wildman–Crippen LogP) is 4.46. The third kappa shape index (κ3) is 3.37. The van der Waals surface area contributed by atoms with E-state index in [1.54, 1.807) is 21.3 Å². The number of hydrogen-bond acceptors (Lipinski definition) is 6. The highest BCUT2D eigenvalue weighted by molar-refractivity contribution is 6.30. The molecule has 0 amide bonds. The van der Waals surface area contributed by atoms with Crippen LogP contribution in [0.3, 0.4) is 0 Å². The summed E-state index contributed by atoms with van der Waals surface area (Å²) in [5.74, 6) is -0.423. The summed E-state index contributed by atoms with van der Waals surface area (Å²) in [6, 6.07) is 14.7. The number of fused-ring (bicyclic) bond motifs is 3. The molecule has 0 atom stereocenters. The van der Waals surface area contributed by atoms with E-state index in [0.29, 0.717) is 32.6 Å². The second-order valence-corrected chi connectivity index (χ2v) is 8.04. The first-order valence-electron chi connectivity index (χ1n) is 9.68. The smallest absolute Gasteiger partial charge is 0.311 e. The minimum atomic E-state index is -0.423. The van der Waals surface area contributed by atoms with Gasteiger partial charge in [-0.15, -0.1) is 10.2 Å². The molecule has 0 aliphatic carbocycles. The summed E-state index contributed by atoms with van der Waals surface area (Å²) >= 11 is 12.1. The summed E-state index contributed by atoms with van der Waals surface area (Å²) in [7, 11) is 1.33. The third-order valence-electron chi connectivity index (χ3n) is 5.13. The first-order valence-corrected chi connectivity index (χ1v) is 10.4. The Balaban J connectivity index is 1.81. The Labute approximate surface area is 192 Å². The lowest BCUT2D eigenvalue weighted by atomic mass is 10.1. The Morgan fingerprint density at radius 3 is 2.28 bits per heavy atom. The van der Waals surface area contributed by atoms with Gasteiger partial charge in [0.1, 0.15) is 5.69 Å². The Hall–Kier alpha value is -3.49. The number of nitrogens with zero attached hydrogens (tertiary/aromatic N) is 6. The first kappa shape index (κ1) is 20.4. The summed E-state index contributed by atoms with van der Waals surface area (Å²) in [5.41, 5.74) is 5.33. The molecule has 0 fully saturated rings. The Kier molecular flexibility index (Phi) is 5.03. The number of carbonyl (C=O) groups excluding carboxylic acids is 1. The molecule has 5 aromatic rings. The van der Waals surface area contributed by atoms with Gasteiger partial charge in [-0.2, -0.15) is 14.7 Å². The molecule has 5 rings (SSSR count). The molecule has 0 aliphatic heterocycles. The average Bonchev–Trinajstić information content (AvgIpc) is 3.32. The highest BCUT2D eigenvalue weighted by atomic mass is 35.5. The fraction of sp³-hybridized carbons (Fsp3) is 0.136. The summed E-state index contributed by atoms with van der Waals surface area (Å²) in [5, 5.41) is 19.5. The molecule has 3 heterocycles. The van der Waals surface area contributed by atoms with Crippen LogP contribution in [-0.2, 0) is 16.0 Å². The normalized spacial score (nSPS) is 11.4. The van der Waals surface area contributed by atoms with E-state index in [-0.39, 0.29) is 6.42 Å². The standard InChI is InChI=1S/C22H16Cl2N6O2/c1-12-19(13-3-5-14(23)6-4-13)21-26-25-20-17(11-18(31)32-2)28-29(22(20)30(21)27-12)16-9-7-15(24)8-10-16/h3-10H,11H2,1-2H3. The van der Waals surface area contributed by atoms with Gasteiger partial charge in [0.2, 0.25) is 0 Å². The van der Waals surface area contributed by atoms with Gasteiger partial charge in [0.15, 0.2) is 16.8 Å². The van der Waals surface area contributed by atoms with E-state index in [2.05, 4.69) is 15.3 Å². The Morgan fingerprint density at radius 2 is 1.62 bits per heavy atom. The van der Waals surface area contributed by atoms with Crippen LogP contribution < -0.4 is 0 Å². The zero-order valence-corrected chi connectivity index (χ0v) is 18.6. The number of benzene rings is 2. The van der Waals surface area contributed by atoms with E-state index in [4.69, 9.17) is 33.0 Å². The van der Waals surface area contributed by atoms with Crippen LogP contribution in [0.15, 0.2) is 48.5 Å². The van der Waals surface area contributed by atoms with Crippen molar-refractivity contribution in [3.63, 3.8) is 0 Å². The summed E-state index contributed by atoms with van der Waals surface area (Å²) in [6.45, 7) is 1.91. The molecule has 10 heteroatoms. The second kappa shape index (κ2) is 7.89. The number of ether oxygens (including phenoxy) is 1. The van der Waals surface area contributed by atoms with E-state index >= 15 is 0 Å². The Bertz CT molecular complexity index is 1470. The lowest BCUT2D eigenvalue weighted by Gasteiger charge is -2.05. The van der Waals surface area contributed by atoms with Gasteiger partial charge in [-0.3, -0.25) is 4.79 Å². The molecular weight excluding hydrogens is 451 g/mol. The number of aromatic nitrogens is 6. The zero-order chi connectivity index (χ0) is 22.4. The highest BCUT2D eigenvalue weighted by Gasteiger charge is 2.23. The highest BCUT2D eigenvalue weighted by Crippen LogP contribution is 2.31. The molecule has 0 spiro atoms. The molecule has 2 aromatic carbocycles. The molecule has 0 aliphatic rings. The molecule has 32 heavy (non-hydrogen) atoms. The van der Waals surface area contributed by atoms with Gasteiger partial charge in [0, 0.05) is 10.0 Å². The number of carbonyl (C=O) groups is 1. The number of esters is 1. The van der Waals surface area contributed by atoms with Crippen LogP contribution in [0, 0.1) is 6.92 Å². The van der Waals surface area contributed by atoms with Crippen molar-refractivity contribution in [3.05, 3.63) is 70.0 Å². The molecule has 0 saturated heterocycles. The van der Waals surface area contributed by atoms with E-state index in [9.17, 15) is 4.79 Å². The van der Waals surface area contributed by atoms with Crippen molar-refractivity contribution in [2.45, 2.75) is 13.3 Å². The molecule has 3 aromatic heterocycles. The van der Waals surface area contributed by atoms with Crippen LogP contribution >= 0.6 is 23.2 Å². The quantitative estimate of drug-likeness (QED) is 0.363. The fourth-order valence-corrected chi connectivity index (χ4v) is 3.89. The molecule has 0 radical (unpaired) electrons.